The molecule has 8 nitrogen and oxygen atoms in total. The predicted molar refractivity (Wildman–Crippen MR) is 98.4 cm³/mol. The first-order valence-electron chi connectivity index (χ1n) is 7.60. The predicted octanol–water partition coefficient (Wildman–Crippen LogP) is 1.84. The summed E-state index contributed by atoms with van der Waals surface area (Å²) >= 11 is 0. The van der Waals surface area contributed by atoms with Crippen LogP contribution in [0, 0.1) is 4.91 Å². The Morgan fingerprint density at radius 2 is 1.69 bits per heavy atom. The van der Waals surface area contributed by atoms with Gasteiger partial charge in [-0.15, -0.1) is 0 Å². The molecule has 0 spiro atoms. The highest BCUT2D eigenvalue weighted by Crippen LogP contribution is 2.15. The van der Waals surface area contributed by atoms with Gasteiger partial charge in [-0.2, -0.15) is 10.0 Å². The molecule has 0 heterocycles. The van der Waals surface area contributed by atoms with Gasteiger partial charge in [-0.1, -0.05) is 41.6 Å². The maximum absolute atomic E-state index is 12.3. The van der Waals surface area contributed by atoms with E-state index in [0.29, 0.717) is 11.3 Å². The molecule has 0 aliphatic rings. The molecule has 1 amide bonds. The summed E-state index contributed by atoms with van der Waals surface area (Å²) in [4.78, 5) is 22.9. The van der Waals surface area contributed by atoms with Crippen molar-refractivity contribution in [2.45, 2.75) is 4.90 Å². The van der Waals surface area contributed by atoms with Gasteiger partial charge in [0.25, 0.3) is 5.91 Å². The Balaban J connectivity index is 2.25. The molecule has 0 radical (unpaired) electrons. The number of carbonyl (C=O) groups is 1. The molecule has 136 valence electrons. The molecule has 26 heavy (non-hydrogen) atoms. The highest BCUT2D eigenvalue weighted by molar-refractivity contribution is 7.89. The van der Waals surface area contributed by atoms with Crippen LogP contribution in [-0.2, 0) is 10.0 Å². The fraction of sp³-hybridized carbons (Fsp3) is 0.176. The van der Waals surface area contributed by atoms with Crippen molar-refractivity contribution in [2.75, 3.05) is 20.6 Å². The van der Waals surface area contributed by atoms with Crippen LogP contribution in [0.4, 0.5) is 0 Å². The number of nitrogens with zero attached hydrogens (tertiary/aromatic N) is 3. The van der Waals surface area contributed by atoms with E-state index in [-0.39, 0.29) is 17.0 Å². The molecule has 2 aromatic carbocycles. The van der Waals surface area contributed by atoms with Crippen molar-refractivity contribution in [1.29, 1.82) is 0 Å². The number of sulfonamides is 1. The highest BCUT2D eigenvalue weighted by atomic mass is 32.2. The van der Waals surface area contributed by atoms with Gasteiger partial charge in [0.15, 0.2) is 0 Å². The van der Waals surface area contributed by atoms with Crippen LogP contribution in [0.2, 0.25) is 0 Å². The molecule has 1 N–H and O–H groups in total. The standard InChI is InChI=1S/C17H18N4O4S/c1-21(2)26(24,25)15-10-6-9-14(11-15)17(22)20-19-16(12-18-23)13-7-4-3-5-8-13/h3-11H,12H2,1-2H3,(H,20,22). The van der Waals surface area contributed by atoms with Crippen LogP contribution in [0.1, 0.15) is 15.9 Å². The number of hydrogen-bond acceptors (Lipinski definition) is 6. The Hall–Kier alpha value is -2.91. The Kier molecular flexibility index (Phi) is 6.31. The van der Waals surface area contributed by atoms with E-state index in [1.807, 2.05) is 6.07 Å². The van der Waals surface area contributed by atoms with Crippen LogP contribution >= 0.6 is 0 Å². The Morgan fingerprint density at radius 3 is 2.31 bits per heavy atom. The Bertz CT molecular complexity index is 925. The topological polar surface area (TPSA) is 108 Å². The van der Waals surface area contributed by atoms with Crippen LogP contribution in [0.3, 0.4) is 0 Å². The molecule has 0 aromatic heterocycles. The van der Waals surface area contributed by atoms with Gasteiger partial charge in [-0.25, -0.2) is 18.1 Å². The first kappa shape index (κ1) is 19.4. The summed E-state index contributed by atoms with van der Waals surface area (Å²) in [5.74, 6) is -0.597. The molecule has 0 atom stereocenters. The normalized spacial score (nSPS) is 12.0. The minimum absolute atomic E-state index is 0.00280. The molecule has 0 aliphatic carbocycles. The molecule has 0 aliphatic heterocycles. The zero-order chi connectivity index (χ0) is 19.2. The second-order valence-electron chi connectivity index (χ2n) is 5.47. The number of hydrogen-bond donors (Lipinski definition) is 1. The van der Waals surface area contributed by atoms with Crippen LogP contribution in [0.25, 0.3) is 0 Å². The lowest BCUT2D eigenvalue weighted by atomic mass is 10.1. The molecular weight excluding hydrogens is 356 g/mol. The molecule has 9 heteroatoms. The summed E-state index contributed by atoms with van der Waals surface area (Å²) in [5, 5.41) is 6.76. The number of nitrogens with one attached hydrogen (secondary N) is 1. The number of amides is 1. The van der Waals surface area contributed by atoms with E-state index in [4.69, 9.17) is 0 Å². The van der Waals surface area contributed by atoms with Crippen molar-refractivity contribution in [2.24, 2.45) is 10.3 Å². The van der Waals surface area contributed by atoms with E-state index in [2.05, 4.69) is 15.7 Å². The van der Waals surface area contributed by atoms with E-state index < -0.39 is 15.9 Å². The van der Waals surface area contributed by atoms with Crippen molar-refractivity contribution < 1.29 is 13.2 Å². The van der Waals surface area contributed by atoms with E-state index in [0.717, 1.165) is 4.31 Å². The van der Waals surface area contributed by atoms with Gasteiger partial charge in [0.1, 0.15) is 6.54 Å². The van der Waals surface area contributed by atoms with Crippen molar-refractivity contribution >= 4 is 21.6 Å². The molecule has 0 saturated carbocycles. The summed E-state index contributed by atoms with van der Waals surface area (Å²) in [6.45, 7) is -0.209. The summed E-state index contributed by atoms with van der Waals surface area (Å²) in [6.07, 6.45) is 0. The lowest BCUT2D eigenvalue weighted by Crippen LogP contribution is -2.24. The minimum Gasteiger partial charge on any atom is -0.267 e. The Morgan fingerprint density at radius 1 is 1.04 bits per heavy atom. The summed E-state index contributed by atoms with van der Waals surface area (Å²) in [5.41, 5.74) is 3.41. The second-order valence-corrected chi connectivity index (χ2v) is 7.62. The molecule has 2 rings (SSSR count). The summed E-state index contributed by atoms with van der Waals surface area (Å²) in [6, 6.07) is 14.4. The van der Waals surface area contributed by atoms with Crippen LogP contribution in [0.15, 0.2) is 69.8 Å². The lowest BCUT2D eigenvalue weighted by Gasteiger charge is -2.12. The smallest absolute Gasteiger partial charge is 0.267 e. The number of benzene rings is 2. The molecule has 2 aromatic rings. The van der Waals surface area contributed by atoms with Gasteiger partial charge in [-0.05, 0) is 23.8 Å². The van der Waals surface area contributed by atoms with Gasteiger partial charge >= 0.3 is 0 Å². The number of nitroso groups, excluding NO2 is 1. The maximum Gasteiger partial charge on any atom is 0.271 e. The summed E-state index contributed by atoms with van der Waals surface area (Å²) in [7, 11) is -0.839. The number of rotatable bonds is 7. The third kappa shape index (κ3) is 4.58. The summed E-state index contributed by atoms with van der Waals surface area (Å²) < 4.78 is 25.4. The average Bonchev–Trinajstić information content (AvgIpc) is 2.65. The molecule has 0 unspecified atom stereocenters. The first-order chi connectivity index (χ1) is 12.4. The van der Waals surface area contributed by atoms with Gasteiger partial charge in [0, 0.05) is 19.7 Å². The quantitative estimate of drug-likeness (QED) is 0.453. The monoisotopic (exact) mass is 374 g/mol. The largest absolute Gasteiger partial charge is 0.271 e. The highest BCUT2D eigenvalue weighted by Gasteiger charge is 2.18. The second kappa shape index (κ2) is 8.45. The SMILES string of the molecule is CN(C)S(=O)(=O)c1cccc(C(=O)NN=C(CN=O)c2ccccc2)c1. The Labute approximate surface area is 151 Å². The van der Waals surface area contributed by atoms with Crippen molar-refractivity contribution in [1.82, 2.24) is 9.73 Å². The fourth-order valence-electron chi connectivity index (χ4n) is 2.07. The van der Waals surface area contributed by atoms with Gasteiger partial charge < -0.3 is 0 Å². The molecule has 0 fully saturated rings. The third-order valence-corrected chi connectivity index (χ3v) is 5.30. The zero-order valence-electron chi connectivity index (χ0n) is 14.3. The maximum atomic E-state index is 12.3. The van der Waals surface area contributed by atoms with Crippen LogP contribution in [-0.4, -0.2) is 45.0 Å². The van der Waals surface area contributed by atoms with E-state index >= 15 is 0 Å². The molecule has 0 bridgehead atoms. The molecular formula is C17H18N4O4S. The van der Waals surface area contributed by atoms with Crippen LogP contribution in [0.5, 0.6) is 0 Å². The van der Waals surface area contributed by atoms with Crippen molar-refractivity contribution in [3.8, 4) is 0 Å². The first-order valence-corrected chi connectivity index (χ1v) is 9.04. The van der Waals surface area contributed by atoms with Crippen LogP contribution < -0.4 is 5.43 Å². The van der Waals surface area contributed by atoms with E-state index in [1.54, 1.807) is 24.3 Å². The molecule has 0 saturated heterocycles. The van der Waals surface area contributed by atoms with Gasteiger partial charge in [-0.3, -0.25) is 4.79 Å². The number of carbonyl (C=O) groups excluding carboxylic acids is 1. The third-order valence-electron chi connectivity index (χ3n) is 3.49. The van der Waals surface area contributed by atoms with E-state index in [9.17, 15) is 18.1 Å². The number of hydrazone groups is 1. The van der Waals surface area contributed by atoms with Gasteiger partial charge in [0.2, 0.25) is 10.0 Å². The minimum atomic E-state index is -3.65. The van der Waals surface area contributed by atoms with Crippen molar-refractivity contribution in [3.63, 3.8) is 0 Å². The average molecular weight is 374 g/mol. The van der Waals surface area contributed by atoms with Gasteiger partial charge in [0.05, 0.1) is 10.6 Å². The van der Waals surface area contributed by atoms with E-state index in [1.165, 1.54) is 38.4 Å². The lowest BCUT2D eigenvalue weighted by molar-refractivity contribution is 0.0954. The fourth-order valence-corrected chi connectivity index (χ4v) is 3.02. The zero-order valence-corrected chi connectivity index (χ0v) is 15.1. The van der Waals surface area contributed by atoms with Crippen molar-refractivity contribution in [3.05, 3.63) is 70.6 Å².